The second-order valence-corrected chi connectivity index (χ2v) is 9.50. The molecule has 0 aliphatic carbocycles. The van der Waals surface area contributed by atoms with E-state index < -0.39 is 0 Å². The van der Waals surface area contributed by atoms with Gasteiger partial charge in [0.15, 0.2) is 0 Å². The van der Waals surface area contributed by atoms with Gasteiger partial charge in [0, 0.05) is 50.5 Å². The highest BCUT2D eigenvalue weighted by Gasteiger charge is 2.24. The fraction of sp³-hybridized carbons (Fsp3) is 0.444. The van der Waals surface area contributed by atoms with Crippen LogP contribution in [0.3, 0.4) is 0 Å². The summed E-state index contributed by atoms with van der Waals surface area (Å²) in [6, 6.07) is 13.5. The third-order valence-corrected chi connectivity index (χ3v) is 6.47. The number of amides is 2. The van der Waals surface area contributed by atoms with Gasteiger partial charge in [-0.25, -0.2) is 4.98 Å². The Morgan fingerprint density at radius 1 is 1.09 bits per heavy atom. The van der Waals surface area contributed by atoms with Crippen LogP contribution in [0.15, 0.2) is 42.5 Å². The number of carbonyl (C=O) groups is 2. The molecule has 1 aliphatic heterocycles. The van der Waals surface area contributed by atoms with E-state index in [4.69, 9.17) is 4.74 Å². The fourth-order valence-corrected chi connectivity index (χ4v) is 4.47. The minimum Gasteiger partial charge on any atom is -0.375 e. The molecule has 0 radical (unpaired) electrons. The molecule has 2 aromatic carbocycles. The Kier molecular flexibility index (Phi) is 7.83. The highest BCUT2D eigenvalue weighted by atomic mass is 16.5. The van der Waals surface area contributed by atoms with Crippen LogP contribution < -0.4 is 4.90 Å². The van der Waals surface area contributed by atoms with Crippen molar-refractivity contribution in [2.45, 2.75) is 32.7 Å². The predicted molar refractivity (Wildman–Crippen MR) is 138 cm³/mol. The fourth-order valence-electron chi connectivity index (χ4n) is 4.47. The van der Waals surface area contributed by atoms with Crippen LogP contribution in [-0.4, -0.2) is 78.5 Å². The molecule has 0 saturated carbocycles. The van der Waals surface area contributed by atoms with Gasteiger partial charge in [0.25, 0.3) is 11.8 Å². The van der Waals surface area contributed by atoms with Crippen molar-refractivity contribution in [2.24, 2.45) is 0 Å². The standard InChI is InChI=1S/C27H35N5O3/c1-19(2)26-28-22-11-10-20(16-23(22)29-26)27(34)31-15-14-30(3)12-7-13-32(25(33)18-35-4)24-9-6-5-8-21(24)17-31/h5-6,8-11,16,19H,7,12-15,17-18H2,1-4H3,(H,28,29). The largest absolute Gasteiger partial charge is 0.375 e. The zero-order valence-electron chi connectivity index (χ0n) is 21.1. The van der Waals surface area contributed by atoms with Crippen molar-refractivity contribution in [1.82, 2.24) is 19.8 Å². The molecule has 1 aliphatic rings. The van der Waals surface area contributed by atoms with Gasteiger partial charge in [0.1, 0.15) is 12.4 Å². The van der Waals surface area contributed by atoms with E-state index in [1.165, 1.54) is 7.11 Å². The summed E-state index contributed by atoms with van der Waals surface area (Å²) >= 11 is 0. The highest BCUT2D eigenvalue weighted by molar-refractivity contribution is 5.98. The summed E-state index contributed by atoms with van der Waals surface area (Å²) in [6.45, 7) is 7.40. The van der Waals surface area contributed by atoms with Crippen molar-refractivity contribution in [3.05, 3.63) is 59.4 Å². The van der Waals surface area contributed by atoms with Gasteiger partial charge in [-0.1, -0.05) is 32.0 Å². The summed E-state index contributed by atoms with van der Waals surface area (Å²) in [5.41, 5.74) is 4.13. The molecule has 4 rings (SSSR count). The van der Waals surface area contributed by atoms with Crippen LogP contribution in [0.2, 0.25) is 0 Å². The smallest absolute Gasteiger partial charge is 0.254 e. The van der Waals surface area contributed by atoms with E-state index in [9.17, 15) is 9.59 Å². The average Bonchev–Trinajstić information content (AvgIpc) is 3.27. The van der Waals surface area contributed by atoms with E-state index in [2.05, 4.69) is 35.8 Å². The Bertz CT molecular complexity index is 1190. The summed E-state index contributed by atoms with van der Waals surface area (Å²) in [5.74, 6) is 1.08. The monoisotopic (exact) mass is 477 g/mol. The third kappa shape index (κ3) is 5.71. The maximum atomic E-state index is 13.7. The Balaban J connectivity index is 1.68. The molecular weight excluding hydrogens is 442 g/mol. The summed E-state index contributed by atoms with van der Waals surface area (Å²) in [7, 11) is 3.59. The van der Waals surface area contributed by atoms with E-state index >= 15 is 0 Å². The van der Waals surface area contributed by atoms with Crippen LogP contribution in [-0.2, 0) is 16.1 Å². The second kappa shape index (κ2) is 11.0. The molecule has 8 nitrogen and oxygen atoms in total. The van der Waals surface area contributed by atoms with Gasteiger partial charge in [-0.2, -0.15) is 0 Å². The van der Waals surface area contributed by atoms with Gasteiger partial charge in [0.2, 0.25) is 0 Å². The van der Waals surface area contributed by atoms with Gasteiger partial charge in [0.05, 0.1) is 11.0 Å². The van der Waals surface area contributed by atoms with Crippen molar-refractivity contribution < 1.29 is 14.3 Å². The van der Waals surface area contributed by atoms with Gasteiger partial charge in [-0.15, -0.1) is 0 Å². The number of likely N-dealkylation sites (N-methyl/N-ethyl adjacent to an activating group) is 1. The number of H-pyrrole nitrogens is 1. The van der Waals surface area contributed by atoms with Crippen LogP contribution in [0.4, 0.5) is 5.69 Å². The van der Waals surface area contributed by atoms with Crippen molar-refractivity contribution in [3.8, 4) is 0 Å². The number of aromatic amines is 1. The van der Waals surface area contributed by atoms with E-state index in [1.54, 1.807) is 4.90 Å². The molecule has 35 heavy (non-hydrogen) atoms. The molecule has 0 fully saturated rings. The van der Waals surface area contributed by atoms with Crippen molar-refractivity contribution in [3.63, 3.8) is 0 Å². The zero-order valence-corrected chi connectivity index (χ0v) is 21.1. The van der Waals surface area contributed by atoms with E-state index in [0.717, 1.165) is 47.6 Å². The molecule has 3 aromatic rings. The first-order valence-corrected chi connectivity index (χ1v) is 12.2. The molecule has 8 heteroatoms. The minimum absolute atomic E-state index is 0.0232. The van der Waals surface area contributed by atoms with E-state index in [1.807, 2.05) is 47.4 Å². The second-order valence-electron chi connectivity index (χ2n) is 9.50. The lowest BCUT2D eigenvalue weighted by Crippen LogP contribution is -2.37. The number of carbonyl (C=O) groups excluding carboxylic acids is 2. The number of imidazole rings is 1. The zero-order chi connectivity index (χ0) is 24.9. The number of hydrogen-bond donors (Lipinski definition) is 1. The molecule has 1 aromatic heterocycles. The number of aromatic nitrogens is 2. The lowest BCUT2D eigenvalue weighted by atomic mass is 10.1. The predicted octanol–water partition coefficient (Wildman–Crippen LogP) is 3.64. The Hall–Kier alpha value is -3.23. The topological polar surface area (TPSA) is 81.8 Å². The van der Waals surface area contributed by atoms with Crippen LogP contribution in [0.25, 0.3) is 11.0 Å². The number of rotatable bonds is 4. The maximum absolute atomic E-state index is 13.7. The average molecular weight is 478 g/mol. The van der Waals surface area contributed by atoms with Crippen molar-refractivity contribution in [1.29, 1.82) is 0 Å². The molecule has 0 atom stereocenters. The summed E-state index contributed by atoms with van der Waals surface area (Å²) in [5, 5.41) is 0. The minimum atomic E-state index is -0.0784. The summed E-state index contributed by atoms with van der Waals surface area (Å²) < 4.78 is 5.14. The highest BCUT2D eigenvalue weighted by Crippen LogP contribution is 2.25. The molecule has 0 bridgehead atoms. The first-order valence-electron chi connectivity index (χ1n) is 12.2. The third-order valence-electron chi connectivity index (χ3n) is 6.47. The van der Waals surface area contributed by atoms with Crippen LogP contribution in [0.1, 0.15) is 47.9 Å². The Morgan fingerprint density at radius 3 is 2.66 bits per heavy atom. The molecule has 0 spiro atoms. The first-order chi connectivity index (χ1) is 16.9. The van der Waals surface area contributed by atoms with Crippen LogP contribution >= 0.6 is 0 Å². The summed E-state index contributed by atoms with van der Waals surface area (Å²) in [6.07, 6.45) is 0.836. The number of para-hydroxylation sites is 1. The van der Waals surface area contributed by atoms with Crippen LogP contribution in [0.5, 0.6) is 0 Å². The number of ether oxygens (including phenoxy) is 1. The molecular formula is C27H35N5O3. The number of anilines is 1. The number of nitrogens with zero attached hydrogens (tertiary/aromatic N) is 4. The van der Waals surface area contributed by atoms with Gasteiger partial charge >= 0.3 is 0 Å². The number of fused-ring (bicyclic) bond motifs is 2. The molecule has 1 N–H and O–H groups in total. The van der Waals surface area contributed by atoms with Gasteiger partial charge < -0.3 is 24.4 Å². The maximum Gasteiger partial charge on any atom is 0.254 e. The number of nitrogens with one attached hydrogen (secondary N) is 1. The van der Waals surface area contributed by atoms with Crippen molar-refractivity contribution in [2.75, 3.05) is 51.8 Å². The van der Waals surface area contributed by atoms with E-state index in [-0.39, 0.29) is 24.3 Å². The Morgan fingerprint density at radius 2 is 1.89 bits per heavy atom. The summed E-state index contributed by atoms with van der Waals surface area (Å²) in [4.78, 5) is 40.5. The first kappa shape index (κ1) is 24.9. The number of benzene rings is 2. The molecule has 0 unspecified atom stereocenters. The van der Waals surface area contributed by atoms with Gasteiger partial charge in [-0.05, 0) is 49.8 Å². The number of methoxy groups -OCH3 is 1. The van der Waals surface area contributed by atoms with E-state index in [0.29, 0.717) is 25.2 Å². The number of hydrogen-bond acceptors (Lipinski definition) is 5. The normalized spacial score (nSPS) is 15.8. The molecule has 186 valence electrons. The molecule has 0 saturated heterocycles. The SMILES string of the molecule is COCC(=O)N1CCCN(C)CCN(C(=O)c2ccc3nc(C(C)C)[nH]c3c2)Cc2ccccc21. The lowest BCUT2D eigenvalue weighted by molar-refractivity contribution is -0.122. The van der Waals surface area contributed by atoms with Gasteiger partial charge in [-0.3, -0.25) is 9.59 Å². The lowest BCUT2D eigenvalue weighted by Gasteiger charge is -2.28. The van der Waals surface area contributed by atoms with Crippen LogP contribution in [0, 0.1) is 0 Å². The van der Waals surface area contributed by atoms with Crippen molar-refractivity contribution >= 4 is 28.5 Å². The Labute approximate surface area is 206 Å². The molecule has 2 heterocycles. The molecule has 2 amide bonds. The quantitative estimate of drug-likeness (QED) is 0.620.